The van der Waals surface area contributed by atoms with Crippen LogP contribution in [0.5, 0.6) is 5.75 Å². The predicted molar refractivity (Wildman–Crippen MR) is 61.4 cm³/mol. The van der Waals surface area contributed by atoms with E-state index < -0.39 is 30.4 Å². The smallest absolute Gasteiger partial charge is 0.423 e. The summed E-state index contributed by atoms with van der Waals surface area (Å²) in [6.45, 7) is 0.994. The lowest BCUT2D eigenvalue weighted by Gasteiger charge is -2.33. The van der Waals surface area contributed by atoms with Gasteiger partial charge in [0.2, 0.25) is 17.2 Å². The molecule has 3 heterocycles. The van der Waals surface area contributed by atoms with Crippen molar-refractivity contribution in [2.24, 2.45) is 0 Å². The minimum atomic E-state index is -1.34. The van der Waals surface area contributed by atoms with Gasteiger partial charge in [-0.3, -0.25) is 4.90 Å². The van der Waals surface area contributed by atoms with Gasteiger partial charge in [0.25, 0.3) is 0 Å². The van der Waals surface area contributed by atoms with Crippen LogP contribution in [-0.4, -0.2) is 41.8 Å². The second-order valence-corrected chi connectivity index (χ2v) is 4.95. The highest BCUT2D eigenvalue weighted by molar-refractivity contribution is 6.30. The molecule has 0 saturated carbocycles. The molecule has 0 bridgehead atoms. The monoisotopic (exact) mass is 284 g/mol. The maximum atomic E-state index is 13.0. The van der Waals surface area contributed by atoms with Crippen LogP contribution >= 0.6 is 0 Å². The first-order chi connectivity index (χ1) is 9.49. The van der Waals surface area contributed by atoms with Crippen molar-refractivity contribution in [2.75, 3.05) is 13.7 Å². The number of aryl methyl sites for hydroxylation is 1. The van der Waals surface area contributed by atoms with Crippen molar-refractivity contribution < 1.29 is 28.0 Å². The van der Waals surface area contributed by atoms with Crippen LogP contribution < -0.4 is 4.74 Å². The van der Waals surface area contributed by atoms with Crippen molar-refractivity contribution in [3.8, 4) is 5.75 Å². The molecular weight excluding hydrogens is 271 g/mol. The van der Waals surface area contributed by atoms with Gasteiger partial charge in [0.05, 0.1) is 0 Å². The van der Waals surface area contributed by atoms with Crippen LogP contribution in [0, 0.1) is 6.92 Å². The lowest BCUT2D eigenvalue weighted by atomic mass is 10.1. The Bertz CT molecular complexity index is 586. The van der Waals surface area contributed by atoms with E-state index in [-0.39, 0.29) is 11.5 Å². The fourth-order valence-electron chi connectivity index (χ4n) is 2.71. The highest BCUT2D eigenvalue weighted by Gasteiger charge is 2.56. The molecule has 2 atom stereocenters. The molecule has 0 aliphatic carbocycles. The van der Waals surface area contributed by atoms with Crippen molar-refractivity contribution in [3.63, 3.8) is 0 Å². The summed E-state index contributed by atoms with van der Waals surface area (Å²) in [6, 6.07) is -0.422. The third-order valence-corrected chi connectivity index (χ3v) is 3.90. The van der Waals surface area contributed by atoms with Crippen LogP contribution in [0.3, 0.4) is 0 Å². The zero-order valence-corrected chi connectivity index (χ0v) is 11.0. The van der Waals surface area contributed by atoms with Gasteiger partial charge >= 0.3 is 11.9 Å². The SMILES string of the molecule is Cc1noc2c1OC(=O)C(=O)OC21CCC(CF)N1C. The van der Waals surface area contributed by atoms with Gasteiger partial charge in [0.15, 0.2) is 0 Å². The van der Waals surface area contributed by atoms with E-state index in [1.807, 2.05) is 0 Å². The number of halogens is 1. The summed E-state index contributed by atoms with van der Waals surface area (Å²) in [4.78, 5) is 24.8. The van der Waals surface area contributed by atoms with Gasteiger partial charge in [0.1, 0.15) is 12.4 Å². The van der Waals surface area contributed by atoms with Crippen LogP contribution in [0.25, 0.3) is 0 Å². The van der Waals surface area contributed by atoms with Crippen LogP contribution in [0.4, 0.5) is 4.39 Å². The molecule has 0 N–H and O–H groups in total. The largest absolute Gasteiger partial charge is 0.427 e. The van der Waals surface area contributed by atoms with Gasteiger partial charge in [-0.05, 0) is 20.4 Å². The molecule has 3 rings (SSSR count). The number of fused-ring (bicyclic) bond motifs is 2. The fraction of sp³-hybridized carbons (Fsp3) is 0.583. The molecule has 1 saturated heterocycles. The Balaban J connectivity index is 2.15. The Kier molecular flexibility index (Phi) is 2.79. The van der Waals surface area contributed by atoms with E-state index in [0.29, 0.717) is 18.5 Å². The van der Waals surface area contributed by atoms with Crippen molar-refractivity contribution in [2.45, 2.75) is 31.5 Å². The Labute approximate surface area is 113 Å². The van der Waals surface area contributed by atoms with E-state index in [0.717, 1.165) is 0 Å². The number of hydrogen-bond donors (Lipinski definition) is 0. The Hall–Kier alpha value is -1.96. The van der Waals surface area contributed by atoms with E-state index in [9.17, 15) is 14.0 Å². The summed E-state index contributed by atoms with van der Waals surface area (Å²) in [7, 11) is 1.61. The molecular formula is C12H13FN2O5. The molecule has 1 aromatic heterocycles. The van der Waals surface area contributed by atoms with E-state index in [4.69, 9.17) is 14.0 Å². The normalized spacial score (nSPS) is 30.1. The number of rotatable bonds is 1. The van der Waals surface area contributed by atoms with E-state index in [2.05, 4.69) is 5.16 Å². The fourth-order valence-corrected chi connectivity index (χ4v) is 2.71. The topological polar surface area (TPSA) is 81.9 Å². The zero-order chi connectivity index (χ0) is 14.5. The Morgan fingerprint density at radius 2 is 2.20 bits per heavy atom. The van der Waals surface area contributed by atoms with Crippen molar-refractivity contribution in [1.82, 2.24) is 10.1 Å². The summed E-state index contributed by atoms with van der Waals surface area (Å²) in [5.41, 5.74) is -1.00. The number of ether oxygens (including phenoxy) is 2. The van der Waals surface area contributed by atoms with Crippen LogP contribution in [0.15, 0.2) is 4.52 Å². The van der Waals surface area contributed by atoms with Crippen LogP contribution in [0.1, 0.15) is 24.3 Å². The average Bonchev–Trinajstić information content (AvgIpc) is 2.89. The molecule has 20 heavy (non-hydrogen) atoms. The summed E-state index contributed by atoms with van der Waals surface area (Å²) in [5.74, 6) is -2.05. The van der Waals surface area contributed by atoms with Gasteiger partial charge in [-0.15, -0.1) is 0 Å². The van der Waals surface area contributed by atoms with Gasteiger partial charge < -0.3 is 14.0 Å². The summed E-state index contributed by atoms with van der Waals surface area (Å²) in [6.07, 6.45) is 0.774. The molecule has 2 aliphatic rings. The maximum absolute atomic E-state index is 13.0. The highest BCUT2D eigenvalue weighted by Crippen LogP contribution is 2.47. The molecule has 0 aromatic carbocycles. The summed E-state index contributed by atoms with van der Waals surface area (Å²) in [5, 5.41) is 3.74. The van der Waals surface area contributed by atoms with Crippen LogP contribution in [0.2, 0.25) is 0 Å². The maximum Gasteiger partial charge on any atom is 0.423 e. The Morgan fingerprint density at radius 3 is 2.85 bits per heavy atom. The predicted octanol–water partition coefficient (Wildman–Crippen LogP) is 0.662. The molecule has 108 valence electrons. The number of esters is 2. The molecule has 0 radical (unpaired) electrons. The molecule has 8 heteroatoms. The first-order valence-electron chi connectivity index (χ1n) is 6.20. The number of carbonyl (C=O) groups excluding carboxylic acids is 2. The first kappa shape index (κ1) is 13.0. The van der Waals surface area contributed by atoms with Crippen molar-refractivity contribution >= 4 is 11.9 Å². The third-order valence-electron chi connectivity index (χ3n) is 3.90. The van der Waals surface area contributed by atoms with E-state index >= 15 is 0 Å². The molecule has 1 aromatic rings. The molecule has 1 fully saturated rings. The lowest BCUT2D eigenvalue weighted by molar-refractivity contribution is -0.190. The highest BCUT2D eigenvalue weighted by atomic mass is 19.1. The molecule has 1 spiro atoms. The molecule has 2 unspecified atom stereocenters. The standard InChI is InChI=1S/C12H13FN2O5/c1-6-8-9(20-14-6)12(19-11(17)10(16)18-8)4-3-7(5-13)15(12)2/h7H,3-5H2,1-2H3. The Morgan fingerprint density at radius 1 is 1.45 bits per heavy atom. The molecule has 2 aliphatic heterocycles. The van der Waals surface area contributed by atoms with Gasteiger partial charge in [-0.1, -0.05) is 5.16 Å². The number of hydrogen-bond acceptors (Lipinski definition) is 7. The van der Waals surface area contributed by atoms with E-state index in [1.165, 1.54) is 0 Å². The molecule has 7 nitrogen and oxygen atoms in total. The second kappa shape index (κ2) is 4.27. The van der Waals surface area contributed by atoms with Crippen molar-refractivity contribution in [3.05, 3.63) is 11.5 Å². The number of nitrogens with zero attached hydrogens (tertiary/aromatic N) is 2. The number of aromatic nitrogens is 1. The van der Waals surface area contributed by atoms with Gasteiger partial charge in [-0.2, -0.15) is 0 Å². The number of alkyl halides is 1. The number of likely N-dealkylation sites (tertiary alicyclic amines) is 1. The lowest BCUT2D eigenvalue weighted by Crippen LogP contribution is -2.46. The summed E-state index contributed by atoms with van der Waals surface area (Å²) < 4.78 is 28.4. The average molecular weight is 284 g/mol. The second-order valence-electron chi connectivity index (χ2n) is 4.95. The van der Waals surface area contributed by atoms with Gasteiger partial charge in [0, 0.05) is 12.5 Å². The zero-order valence-electron chi connectivity index (χ0n) is 11.0. The van der Waals surface area contributed by atoms with Gasteiger partial charge in [-0.25, -0.2) is 14.0 Å². The number of carbonyl (C=O) groups is 2. The molecule has 0 amide bonds. The quantitative estimate of drug-likeness (QED) is 0.553. The minimum absolute atomic E-state index is 0.0761. The summed E-state index contributed by atoms with van der Waals surface area (Å²) >= 11 is 0. The third kappa shape index (κ3) is 1.57. The minimum Gasteiger partial charge on any atom is -0.427 e. The first-order valence-corrected chi connectivity index (χ1v) is 6.20. The van der Waals surface area contributed by atoms with Crippen LogP contribution in [-0.2, 0) is 20.1 Å². The van der Waals surface area contributed by atoms with Crippen molar-refractivity contribution in [1.29, 1.82) is 0 Å². The van der Waals surface area contributed by atoms with E-state index in [1.54, 1.807) is 18.9 Å².